The van der Waals surface area contributed by atoms with Gasteiger partial charge in [-0.3, -0.25) is 39.7 Å². The summed E-state index contributed by atoms with van der Waals surface area (Å²) in [6.45, 7) is 5.65. The SMILES string of the molecule is C1CCOC1.CC(=O)c1ccc(-n2cc(N)c(C(F)F)n2)cc1F.CC(=O)c1ccc(-n2cc([N+](=O)[O-])c(C(F)F)n2)cc1F.CC(=O)c1ccc(B(O)O)cc1F.O=[N+]([O-])c1cn[nH]c1C(F)F.S.[CH3-].[V]. The number of nitrogens with one attached hydrogen (secondary N) is 1. The Morgan fingerprint density at radius 1 is 0.708 bits per heavy atom. The van der Waals surface area contributed by atoms with Gasteiger partial charge >= 0.3 is 18.5 Å². The van der Waals surface area contributed by atoms with Crippen molar-refractivity contribution in [1.82, 2.24) is 29.8 Å². The number of halogens is 9. The zero-order valence-corrected chi connectivity index (χ0v) is 40.2. The van der Waals surface area contributed by atoms with Crippen molar-refractivity contribution in [2.75, 3.05) is 18.9 Å². The molecule has 0 unspecified atom stereocenters. The average molecular weight is 1090 g/mol. The summed E-state index contributed by atoms with van der Waals surface area (Å²) in [7, 11) is -1.71. The first-order chi connectivity index (χ1) is 32.3. The molecule has 0 spiro atoms. The van der Waals surface area contributed by atoms with Gasteiger partial charge in [-0.2, -0.15) is 28.8 Å². The van der Waals surface area contributed by atoms with E-state index in [1.807, 2.05) is 5.10 Å². The normalized spacial score (nSPS) is 11.1. The van der Waals surface area contributed by atoms with E-state index in [0.29, 0.717) is 0 Å². The van der Waals surface area contributed by atoms with Crippen molar-refractivity contribution < 1.29 is 97.1 Å². The molecule has 389 valence electrons. The minimum absolute atomic E-state index is 0. The van der Waals surface area contributed by atoms with E-state index >= 15 is 0 Å². The topological polar surface area (TPSA) is 278 Å². The third kappa shape index (κ3) is 18.4. The molecule has 1 aliphatic rings. The van der Waals surface area contributed by atoms with Crippen molar-refractivity contribution >= 4 is 60.5 Å². The van der Waals surface area contributed by atoms with Crippen LogP contribution in [-0.2, 0) is 23.3 Å². The number of carbonyl (C=O) groups is 3. The number of nitrogen functional groups attached to an aromatic ring is 1. The number of hydrogen-bond acceptors (Lipinski definition) is 14. The van der Waals surface area contributed by atoms with Crippen LogP contribution in [0.5, 0.6) is 0 Å². The van der Waals surface area contributed by atoms with Gasteiger partial charge in [-0.15, -0.1) is 0 Å². The van der Waals surface area contributed by atoms with Crippen molar-refractivity contribution in [3.63, 3.8) is 0 Å². The Hall–Kier alpha value is -6.85. The first-order valence-electron chi connectivity index (χ1n) is 19.3. The average Bonchev–Trinajstić information content (AvgIpc) is 4.12. The fourth-order valence-electron chi connectivity index (χ4n) is 5.46. The number of nitro groups is 2. The van der Waals surface area contributed by atoms with Crippen LogP contribution < -0.4 is 11.2 Å². The summed E-state index contributed by atoms with van der Waals surface area (Å²) in [5, 5.41) is 50.0. The number of anilines is 1. The maximum Gasteiger partial charge on any atom is 0.488 e. The minimum Gasteiger partial charge on any atom is -0.423 e. The molecule has 7 rings (SSSR count). The van der Waals surface area contributed by atoms with Gasteiger partial charge in [-0.1, -0.05) is 6.07 Å². The number of nitrogens with two attached hydrogens (primary N) is 1. The molecule has 0 atom stereocenters. The van der Waals surface area contributed by atoms with Crippen LogP contribution in [0.3, 0.4) is 0 Å². The molecule has 19 nitrogen and oxygen atoms in total. The number of carbonyl (C=O) groups excluding carboxylic acids is 3. The summed E-state index contributed by atoms with van der Waals surface area (Å²) >= 11 is 0. The number of aromatic nitrogens is 6. The molecule has 4 heterocycles. The molecular weight excluding hydrogens is 1040 g/mol. The summed E-state index contributed by atoms with van der Waals surface area (Å²) < 4.78 is 121. The van der Waals surface area contributed by atoms with Gasteiger partial charge in [0.2, 0.25) is 5.69 Å². The van der Waals surface area contributed by atoms with Gasteiger partial charge in [0.25, 0.3) is 19.3 Å². The summed E-state index contributed by atoms with van der Waals surface area (Å²) in [6, 6.07) is 10.5. The van der Waals surface area contributed by atoms with Gasteiger partial charge in [-0.05, 0) is 75.5 Å². The molecule has 3 aromatic carbocycles. The standard InChI is InChI=1S/C12H8F3N3O3.C12H10F3N3O.C8H8BFO3.C4H3F2N3O2.C4H8O.CH3.H2S.V/c1-6(19)8-3-2-7(4-9(8)13)17-5-10(18(20)21)11(16-17)12(14)15;1-6(19)8-3-2-7(4-9(8)13)18-5-10(16)11(17-18)12(14)15;1-5(11)7-3-2-6(9(12)13)4-8(7)10;5-4(6)3-2(9(10)11)1-7-8-3;1-2-4-5-3-1;;;/h2-5,12H,1H3;2-5,12H,16H2,1H3;2-4,12-13H,1H3;1,4H,(H,7,8);1-4H2;1H3;1H2;/q;;;;;-1;;. The van der Waals surface area contributed by atoms with E-state index in [0.717, 1.165) is 59.2 Å². The largest absolute Gasteiger partial charge is 0.488 e. The van der Waals surface area contributed by atoms with Crippen molar-refractivity contribution in [2.24, 2.45) is 0 Å². The second-order valence-corrected chi connectivity index (χ2v) is 13.8. The van der Waals surface area contributed by atoms with Gasteiger partial charge in [0.1, 0.15) is 29.8 Å². The second-order valence-electron chi connectivity index (χ2n) is 13.8. The van der Waals surface area contributed by atoms with Crippen LogP contribution in [0.4, 0.5) is 56.6 Å². The van der Waals surface area contributed by atoms with E-state index < -0.39 is 99.5 Å². The zero-order chi connectivity index (χ0) is 51.9. The van der Waals surface area contributed by atoms with E-state index in [4.69, 9.17) is 20.5 Å². The predicted octanol–water partition coefficient (Wildman–Crippen LogP) is 8.11. The molecule has 6 aromatic rings. The Labute approximate surface area is 421 Å². The summed E-state index contributed by atoms with van der Waals surface area (Å²) in [5.74, 6) is -3.65. The maximum absolute atomic E-state index is 13.7. The van der Waals surface area contributed by atoms with E-state index in [9.17, 15) is 74.1 Å². The van der Waals surface area contributed by atoms with Crippen LogP contribution >= 0.6 is 13.5 Å². The van der Waals surface area contributed by atoms with E-state index in [1.54, 1.807) is 0 Å². The van der Waals surface area contributed by atoms with E-state index in [-0.39, 0.29) is 78.7 Å². The van der Waals surface area contributed by atoms with Crippen molar-refractivity contribution in [2.45, 2.75) is 52.9 Å². The number of benzene rings is 3. The van der Waals surface area contributed by atoms with Crippen LogP contribution in [0.1, 0.15) is 101 Å². The first-order valence-corrected chi connectivity index (χ1v) is 19.3. The van der Waals surface area contributed by atoms with Crippen molar-refractivity contribution in [1.29, 1.82) is 0 Å². The molecule has 5 N–H and O–H groups in total. The van der Waals surface area contributed by atoms with E-state index in [2.05, 4.69) is 15.3 Å². The maximum atomic E-state index is 13.7. The van der Waals surface area contributed by atoms with Crippen LogP contribution in [-0.4, -0.2) is 87.3 Å². The second kappa shape index (κ2) is 30.1. The number of aromatic amines is 1. The molecule has 0 bridgehead atoms. The molecule has 0 aliphatic carbocycles. The monoisotopic (exact) mass is 1090 g/mol. The predicted molar refractivity (Wildman–Crippen MR) is 241 cm³/mol. The first kappa shape index (κ1) is 65.1. The van der Waals surface area contributed by atoms with Gasteiger partial charge in [0.05, 0.1) is 49.8 Å². The fourth-order valence-corrected chi connectivity index (χ4v) is 5.46. The van der Waals surface area contributed by atoms with Crippen molar-refractivity contribution in [3.05, 3.63) is 152 Å². The molecule has 1 aliphatic heterocycles. The Morgan fingerprint density at radius 3 is 1.43 bits per heavy atom. The summed E-state index contributed by atoms with van der Waals surface area (Å²) in [4.78, 5) is 51.7. The third-order valence-electron chi connectivity index (χ3n) is 8.86. The number of hydrogen-bond donors (Lipinski definition) is 4. The summed E-state index contributed by atoms with van der Waals surface area (Å²) in [6.07, 6.45) is -3.58. The molecule has 0 amide bonds. The summed E-state index contributed by atoms with van der Waals surface area (Å²) in [5.41, 5.74) is 1.29. The molecule has 1 fully saturated rings. The number of rotatable bonds is 11. The van der Waals surface area contributed by atoms with Gasteiger partial charge in [0, 0.05) is 43.9 Å². The quantitative estimate of drug-likeness (QED) is 0.0238. The van der Waals surface area contributed by atoms with Crippen molar-refractivity contribution in [3.8, 4) is 11.4 Å². The molecule has 72 heavy (non-hydrogen) atoms. The van der Waals surface area contributed by atoms with Gasteiger partial charge in [-0.25, -0.2) is 48.9 Å². The minimum atomic E-state index is -3.13. The zero-order valence-electron chi connectivity index (χ0n) is 37.8. The Kier molecular flexibility index (Phi) is 27.3. The number of Topliss-reactive ketones (excluding diaryl/α,β-unsaturated/α-hetero) is 3. The molecule has 3 aromatic heterocycles. The Balaban J connectivity index is 0.000000912. The van der Waals surface area contributed by atoms with Crippen LogP contribution in [0.2, 0.25) is 0 Å². The number of alkyl halides is 6. The molecule has 0 saturated carbocycles. The van der Waals surface area contributed by atoms with E-state index in [1.165, 1.54) is 70.1 Å². The Morgan fingerprint density at radius 2 is 1.12 bits per heavy atom. The molecule has 31 heteroatoms. The van der Waals surface area contributed by atoms with Crippen LogP contribution in [0.25, 0.3) is 11.4 Å². The van der Waals surface area contributed by atoms with Gasteiger partial charge < -0.3 is 27.9 Å². The van der Waals surface area contributed by atoms with Gasteiger partial charge in [0.15, 0.2) is 28.7 Å². The third-order valence-corrected chi connectivity index (χ3v) is 8.86. The number of nitrogens with zero attached hydrogens (tertiary/aromatic N) is 7. The molecular formula is C41H42BF9N9O10SV-. The number of ether oxygens (including phenoxy) is 1. The smallest absolute Gasteiger partial charge is 0.423 e. The van der Waals surface area contributed by atoms with Crippen LogP contribution in [0, 0.1) is 45.1 Å². The Bertz CT molecular complexity index is 2780. The molecule has 1 saturated heterocycles. The molecule has 1 radical (unpaired) electrons. The number of H-pyrrole nitrogens is 1. The van der Waals surface area contributed by atoms with Crippen LogP contribution in [0.15, 0.2) is 73.2 Å². The number of ketones is 3. The fraction of sp³-hybridized carbons (Fsp3) is 0.244.